The van der Waals surface area contributed by atoms with Crippen LogP contribution in [0.15, 0.2) is 61.2 Å². The van der Waals surface area contributed by atoms with E-state index in [4.69, 9.17) is 4.74 Å². The number of carbonyl (C=O) groups is 1. The van der Waals surface area contributed by atoms with Gasteiger partial charge in [-0.25, -0.2) is 0 Å². The molecule has 1 atom stereocenters. The van der Waals surface area contributed by atoms with Crippen LogP contribution in [-0.2, 0) is 16.6 Å². The van der Waals surface area contributed by atoms with Gasteiger partial charge in [-0.15, -0.1) is 0 Å². The number of nitrogens with one attached hydrogen (secondary N) is 1. The summed E-state index contributed by atoms with van der Waals surface area (Å²) in [6.45, 7) is 5.66. The zero-order valence-electron chi connectivity index (χ0n) is 17.9. The molecule has 1 unspecified atom stereocenters. The molecule has 3 aromatic rings. The molecule has 1 saturated heterocycles. The van der Waals surface area contributed by atoms with Crippen LogP contribution in [0, 0.1) is 0 Å². The minimum atomic E-state index is -0.185. The maximum Gasteiger partial charge on any atom is 0.248 e. The second kappa shape index (κ2) is 9.68. The van der Waals surface area contributed by atoms with Gasteiger partial charge in [-0.3, -0.25) is 19.4 Å². The first kappa shape index (κ1) is 21.0. The Kier molecular flexibility index (Phi) is 6.54. The Morgan fingerprint density at radius 3 is 2.65 bits per heavy atom. The quantitative estimate of drug-likeness (QED) is 0.621. The summed E-state index contributed by atoms with van der Waals surface area (Å²) in [4.78, 5) is 19.0. The lowest BCUT2D eigenvalue weighted by atomic mass is 10.0. The molecule has 160 valence electrons. The number of hydrogen-bond donors (Lipinski definition) is 1. The van der Waals surface area contributed by atoms with E-state index in [1.54, 1.807) is 29.3 Å². The number of aromatic nitrogens is 3. The largest absolute Gasteiger partial charge is 0.379 e. The van der Waals surface area contributed by atoms with Crippen molar-refractivity contribution in [2.24, 2.45) is 7.05 Å². The third-order valence-electron chi connectivity index (χ3n) is 5.54. The van der Waals surface area contributed by atoms with Gasteiger partial charge >= 0.3 is 0 Å². The molecule has 0 aliphatic carbocycles. The summed E-state index contributed by atoms with van der Waals surface area (Å²) in [5.41, 5.74) is 4.82. The van der Waals surface area contributed by atoms with Gasteiger partial charge in [0.25, 0.3) is 0 Å². The predicted octanol–water partition coefficient (Wildman–Crippen LogP) is 3.53. The average Bonchev–Trinajstić information content (AvgIpc) is 3.24. The summed E-state index contributed by atoms with van der Waals surface area (Å²) < 4.78 is 7.18. The Balaban J connectivity index is 1.40. The number of carbonyl (C=O) groups excluding carboxylic acids is 1. The van der Waals surface area contributed by atoms with Crippen molar-refractivity contribution in [2.75, 3.05) is 31.6 Å². The molecule has 3 heterocycles. The molecule has 1 aliphatic rings. The number of hydrogen-bond acceptors (Lipinski definition) is 5. The molecule has 1 fully saturated rings. The number of pyridine rings is 1. The zero-order valence-corrected chi connectivity index (χ0v) is 17.9. The summed E-state index contributed by atoms with van der Waals surface area (Å²) in [7, 11) is 1.88. The average molecular weight is 418 g/mol. The van der Waals surface area contributed by atoms with Crippen LogP contribution >= 0.6 is 0 Å². The van der Waals surface area contributed by atoms with Gasteiger partial charge in [0, 0.05) is 67.7 Å². The van der Waals surface area contributed by atoms with E-state index in [1.807, 2.05) is 31.4 Å². The van der Waals surface area contributed by atoms with E-state index in [1.165, 1.54) is 11.6 Å². The SMILES string of the molecule is CC(c1ccc(NC(=O)C=Cc2cnccc2-c2cnn(C)c2)cc1)N1CCOCC1. The molecule has 1 aliphatic heterocycles. The molecule has 1 amide bonds. The van der Waals surface area contributed by atoms with E-state index in [2.05, 4.69) is 39.4 Å². The molecular weight excluding hydrogens is 390 g/mol. The summed E-state index contributed by atoms with van der Waals surface area (Å²) >= 11 is 0. The standard InChI is InChI=1S/C24H27N5O2/c1-18(29-11-13-31-14-12-29)19-3-6-22(7-4-19)27-24(30)8-5-20-15-25-10-9-23(20)21-16-26-28(2)17-21/h3-10,15-18H,11-14H2,1-2H3,(H,27,30). The van der Waals surface area contributed by atoms with Gasteiger partial charge in [0.05, 0.1) is 19.4 Å². The summed E-state index contributed by atoms with van der Waals surface area (Å²) in [6.07, 6.45) is 10.5. The summed E-state index contributed by atoms with van der Waals surface area (Å²) in [5, 5.41) is 7.14. The molecule has 4 rings (SSSR count). The smallest absolute Gasteiger partial charge is 0.248 e. The maximum absolute atomic E-state index is 12.4. The van der Waals surface area contributed by atoms with Crippen LogP contribution in [0.25, 0.3) is 17.2 Å². The highest BCUT2D eigenvalue weighted by Crippen LogP contribution is 2.24. The third kappa shape index (κ3) is 5.25. The molecule has 0 radical (unpaired) electrons. The zero-order chi connectivity index (χ0) is 21.6. The number of benzene rings is 1. The van der Waals surface area contributed by atoms with E-state index < -0.39 is 0 Å². The maximum atomic E-state index is 12.4. The highest BCUT2D eigenvalue weighted by Gasteiger charge is 2.18. The van der Waals surface area contributed by atoms with Crippen LogP contribution < -0.4 is 5.32 Å². The first-order chi connectivity index (χ1) is 15.1. The summed E-state index contributed by atoms with van der Waals surface area (Å²) in [5.74, 6) is -0.185. The fraction of sp³-hybridized carbons (Fsp3) is 0.292. The lowest BCUT2D eigenvalue weighted by Gasteiger charge is -2.32. The monoisotopic (exact) mass is 417 g/mol. The van der Waals surface area contributed by atoms with Gasteiger partial charge < -0.3 is 10.1 Å². The Morgan fingerprint density at radius 1 is 1.16 bits per heavy atom. The number of morpholine rings is 1. The first-order valence-corrected chi connectivity index (χ1v) is 10.4. The van der Waals surface area contributed by atoms with Crippen LogP contribution in [0.5, 0.6) is 0 Å². The van der Waals surface area contributed by atoms with Crippen LogP contribution in [-0.4, -0.2) is 51.9 Å². The Bertz CT molecular complexity index is 1050. The topological polar surface area (TPSA) is 72.3 Å². The normalized spacial score (nSPS) is 15.8. The van der Waals surface area contributed by atoms with E-state index in [9.17, 15) is 4.79 Å². The van der Waals surface area contributed by atoms with Crippen LogP contribution in [0.3, 0.4) is 0 Å². The number of amides is 1. The highest BCUT2D eigenvalue weighted by molar-refractivity contribution is 6.02. The van der Waals surface area contributed by atoms with Crippen molar-refractivity contribution in [3.8, 4) is 11.1 Å². The van der Waals surface area contributed by atoms with Crippen molar-refractivity contribution in [1.82, 2.24) is 19.7 Å². The molecule has 7 heteroatoms. The highest BCUT2D eigenvalue weighted by atomic mass is 16.5. The van der Waals surface area contributed by atoms with Gasteiger partial charge in [-0.2, -0.15) is 5.10 Å². The molecule has 0 spiro atoms. The van der Waals surface area contributed by atoms with Crippen molar-refractivity contribution in [2.45, 2.75) is 13.0 Å². The van der Waals surface area contributed by atoms with Gasteiger partial charge in [-0.05, 0) is 42.3 Å². The Hall–Kier alpha value is -3.29. The van der Waals surface area contributed by atoms with E-state index in [0.717, 1.165) is 48.7 Å². The molecule has 1 N–H and O–H groups in total. The fourth-order valence-corrected chi connectivity index (χ4v) is 3.73. The summed E-state index contributed by atoms with van der Waals surface area (Å²) in [6, 6.07) is 10.3. The van der Waals surface area contributed by atoms with Crippen molar-refractivity contribution >= 4 is 17.7 Å². The van der Waals surface area contributed by atoms with Crippen molar-refractivity contribution in [3.05, 3.63) is 72.3 Å². The fourth-order valence-electron chi connectivity index (χ4n) is 3.73. The van der Waals surface area contributed by atoms with Crippen molar-refractivity contribution < 1.29 is 9.53 Å². The minimum Gasteiger partial charge on any atom is -0.379 e. The lowest BCUT2D eigenvalue weighted by molar-refractivity contribution is -0.111. The molecule has 2 aromatic heterocycles. The number of aryl methyl sites for hydroxylation is 1. The molecule has 7 nitrogen and oxygen atoms in total. The Labute approximate surface area is 182 Å². The second-order valence-electron chi connectivity index (χ2n) is 7.63. The van der Waals surface area contributed by atoms with Gasteiger partial charge in [-0.1, -0.05) is 12.1 Å². The van der Waals surface area contributed by atoms with E-state index in [-0.39, 0.29) is 5.91 Å². The van der Waals surface area contributed by atoms with Crippen molar-refractivity contribution in [1.29, 1.82) is 0 Å². The lowest BCUT2D eigenvalue weighted by Crippen LogP contribution is -2.37. The molecular formula is C24H27N5O2. The first-order valence-electron chi connectivity index (χ1n) is 10.4. The minimum absolute atomic E-state index is 0.185. The third-order valence-corrected chi connectivity index (χ3v) is 5.54. The van der Waals surface area contributed by atoms with Gasteiger partial charge in [0.15, 0.2) is 0 Å². The van der Waals surface area contributed by atoms with Gasteiger partial charge in [0.2, 0.25) is 5.91 Å². The van der Waals surface area contributed by atoms with Crippen LogP contribution in [0.2, 0.25) is 0 Å². The Morgan fingerprint density at radius 2 is 1.94 bits per heavy atom. The van der Waals surface area contributed by atoms with Gasteiger partial charge in [0.1, 0.15) is 0 Å². The number of anilines is 1. The van der Waals surface area contributed by atoms with E-state index >= 15 is 0 Å². The van der Waals surface area contributed by atoms with Crippen LogP contribution in [0.1, 0.15) is 24.1 Å². The molecule has 0 bridgehead atoms. The molecule has 0 saturated carbocycles. The number of ether oxygens (including phenoxy) is 1. The van der Waals surface area contributed by atoms with Crippen molar-refractivity contribution in [3.63, 3.8) is 0 Å². The second-order valence-corrected chi connectivity index (χ2v) is 7.63. The number of rotatable bonds is 6. The van der Waals surface area contributed by atoms with Crippen LogP contribution in [0.4, 0.5) is 5.69 Å². The molecule has 1 aromatic carbocycles. The molecule has 31 heavy (non-hydrogen) atoms. The van der Waals surface area contributed by atoms with E-state index in [0.29, 0.717) is 6.04 Å². The number of nitrogens with zero attached hydrogens (tertiary/aromatic N) is 4. The predicted molar refractivity (Wildman–Crippen MR) is 121 cm³/mol.